The van der Waals surface area contributed by atoms with Crippen LogP contribution >= 0.6 is 63.7 Å². The molecule has 6 N–H and O–H groups in total. The lowest BCUT2D eigenvalue weighted by molar-refractivity contribution is -0.144. The maximum Gasteiger partial charge on any atom is 0.433 e. The summed E-state index contributed by atoms with van der Waals surface area (Å²) in [7, 11) is -3.41. The zero-order chi connectivity index (χ0) is 110. The molecule has 1 amide bonds. The lowest BCUT2D eigenvalue weighted by Crippen LogP contribution is -2.30. The van der Waals surface area contributed by atoms with Crippen molar-refractivity contribution in [2.75, 3.05) is 25.6 Å². The number of esters is 2. The number of ether oxygens (including phenoxy) is 2. The van der Waals surface area contributed by atoms with E-state index in [-0.39, 0.29) is 83.8 Å². The number of carboxylic acid groups (broad SMARTS) is 1. The Labute approximate surface area is 873 Å². The number of amides is 1. The SMILES string of the molecule is C.C.CCOC(=O)c1cc2cc(Br)ccc2[nH]1.CCOC(=O)c1cc2cc(Br)ccc2n1C1CC1.FC(F)(F)c1ccn[nH]1.[2H]C([2H])(O)c1cc2cc(Br)ccc2n1C1CC1.[2H]C([2H])(c1cc2cc(Br)ccc2n1C1CC1)n1nccc1C(F)(F)F.[2H]C([2H])(c1cc2cc(C(=O)N[C@@H](CO)c3ccc(S(=O)(=O)CC)cc3)ccc2n1C1CC1)n1nccc1C(F)(F)F.[2H]C([2H])(c1cc2cc(C(=O)O)ccc2n1C1CC1)n1nccc1C(F)(F)F. The summed E-state index contributed by atoms with van der Waals surface area (Å²) in [4.78, 5) is 50.9. The van der Waals surface area contributed by atoms with Crippen molar-refractivity contribution in [3.05, 3.63) is 310 Å². The van der Waals surface area contributed by atoms with Crippen LogP contribution in [-0.2, 0) is 70.1 Å². The van der Waals surface area contributed by atoms with E-state index >= 15 is 0 Å². The van der Waals surface area contributed by atoms with Gasteiger partial charge in [0.2, 0.25) is 0 Å². The van der Waals surface area contributed by atoms with Crippen LogP contribution in [0.1, 0.15) is 240 Å². The van der Waals surface area contributed by atoms with E-state index in [0.29, 0.717) is 83.8 Å². The van der Waals surface area contributed by atoms with Gasteiger partial charge in [-0.1, -0.05) is 97.6 Å². The Kier molecular flexibility index (Phi) is 30.5. The molecule has 0 bridgehead atoms. The van der Waals surface area contributed by atoms with Crippen molar-refractivity contribution in [3.8, 4) is 0 Å². The molecule has 146 heavy (non-hydrogen) atoms. The van der Waals surface area contributed by atoms with Crippen LogP contribution in [0.2, 0.25) is 0 Å². The number of hydrogen-bond donors (Lipinski definition) is 6. The predicted molar refractivity (Wildman–Crippen MR) is 542 cm³/mol. The molecule has 43 heteroatoms. The number of hydrogen-bond acceptors (Lipinski definition) is 14. The molecule has 772 valence electrons. The van der Waals surface area contributed by atoms with E-state index < -0.39 is 108 Å². The van der Waals surface area contributed by atoms with Gasteiger partial charge in [0.1, 0.15) is 34.2 Å². The molecular weight excluding hydrogens is 2200 g/mol. The quantitative estimate of drug-likeness (QED) is 0.0256. The number of rotatable bonds is 23. The number of aromatic carboxylic acids is 1. The van der Waals surface area contributed by atoms with Gasteiger partial charge in [-0.2, -0.15) is 73.1 Å². The Morgan fingerprint density at radius 3 is 1.19 bits per heavy atom. The molecule has 26 nitrogen and oxygen atoms in total. The van der Waals surface area contributed by atoms with Crippen LogP contribution in [0, 0.1) is 0 Å². The first kappa shape index (κ1) is 98.1. The number of nitrogens with zero attached hydrogens (tertiary/aromatic N) is 12. The maximum absolute atomic E-state index is 13.6. The number of sulfone groups is 1. The van der Waals surface area contributed by atoms with Crippen molar-refractivity contribution >= 4 is 163 Å². The molecule has 5 aliphatic rings. The van der Waals surface area contributed by atoms with E-state index in [9.17, 15) is 90.5 Å². The number of nitrogens with one attached hydrogen (secondary N) is 3. The smallest absolute Gasteiger partial charge is 0.433 e. The molecule has 10 heterocycles. The van der Waals surface area contributed by atoms with Crippen LogP contribution in [0.4, 0.5) is 52.7 Å². The van der Waals surface area contributed by atoms with Gasteiger partial charge in [-0.05, 0) is 266 Å². The number of aliphatic hydroxyl groups is 2. The van der Waals surface area contributed by atoms with Gasteiger partial charge in [0, 0.05) is 167 Å². The highest BCUT2D eigenvalue weighted by atomic mass is 79.9. The third-order valence-corrected chi connectivity index (χ3v) is 27.3. The fourth-order valence-electron chi connectivity index (χ4n) is 16.2. The van der Waals surface area contributed by atoms with Gasteiger partial charge in [-0.25, -0.2) is 22.8 Å². The molecule has 5 fully saturated rings. The maximum atomic E-state index is 13.6. The largest absolute Gasteiger partial charge is 0.478 e. The minimum atomic E-state index is -4.81. The van der Waals surface area contributed by atoms with Gasteiger partial charge < -0.3 is 57.9 Å². The van der Waals surface area contributed by atoms with E-state index in [1.807, 2.05) is 88.9 Å². The molecule has 0 radical (unpaired) electrons. The van der Waals surface area contributed by atoms with E-state index in [1.165, 1.54) is 67.6 Å². The number of aliphatic hydroxyl groups excluding tert-OH is 1. The second kappa shape index (κ2) is 45.4. The van der Waals surface area contributed by atoms with Gasteiger partial charge in [-0.15, -0.1) is 0 Å². The van der Waals surface area contributed by atoms with Gasteiger partial charge in [0.25, 0.3) is 5.91 Å². The summed E-state index contributed by atoms with van der Waals surface area (Å²) in [5.74, 6) is -2.29. The Balaban J connectivity index is 0.000000146. The summed E-state index contributed by atoms with van der Waals surface area (Å²) in [6, 6.07) is 51.1. The molecule has 7 aromatic carbocycles. The second-order valence-corrected chi connectivity index (χ2v) is 39.9. The fourth-order valence-corrected chi connectivity index (χ4v) is 18.6. The monoisotopic (exact) mass is 2310 g/mol. The molecule has 5 aliphatic carbocycles. The highest BCUT2D eigenvalue weighted by molar-refractivity contribution is 9.11. The predicted octanol–water partition coefficient (Wildman–Crippen LogP) is 26.4. The Morgan fingerprint density at radius 1 is 0.445 bits per heavy atom. The third-order valence-electron chi connectivity index (χ3n) is 23.6. The van der Waals surface area contributed by atoms with Crippen molar-refractivity contribution in [2.45, 2.75) is 192 Å². The number of benzene rings is 7. The molecular formula is C103H101Br4F12N15O11S. The number of aromatic nitrogens is 14. The number of carbonyl (C=O) groups excluding carboxylic acids is 3. The van der Waals surface area contributed by atoms with E-state index in [2.05, 4.69) is 105 Å². The van der Waals surface area contributed by atoms with Gasteiger partial charge in [0.05, 0.1) is 79.1 Å². The molecule has 22 rings (SSSR count). The van der Waals surface area contributed by atoms with Gasteiger partial charge >= 0.3 is 42.6 Å². The molecule has 10 aromatic heterocycles. The average molecular weight is 2310 g/mol. The van der Waals surface area contributed by atoms with Crippen molar-refractivity contribution in [2.24, 2.45) is 0 Å². The van der Waals surface area contributed by atoms with Crippen LogP contribution in [-0.4, -0.2) is 140 Å². The first-order valence-electron chi connectivity index (χ1n) is 49.0. The van der Waals surface area contributed by atoms with Gasteiger partial charge in [0.15, 0.2) is 9.84 Å². The minimum absolute atomic E-state index is 0. The number of H-pyrrole nitrogens is 2. The van der Waals surface area contributed by atoms with Crippen LogP contribution in [0.5, 0.6) is 0 Å². The number of halogens is 16. The van der Waals surface area contributed by atoms with Crippen molar-refractivity contribution in [1.82, 2.24) is 72.7 Å². The molecule has 0 saturated heterocycles. The van der Waals surface area contributed by atoms with E-state index in [4.69, 9.17) is 25.5 Å². The lowest BCUT2D eigenvalue weighted by atomic mass is 10.1. The first-order valence-corrected chi connectivity index (χ1v) is 49.9. The zero-order valence-electron chi connectivity index (χ0n) is 84.1. The molecule has 17 aromatic rings. The summed E-state index contributed by atoms with van der Waals surface area (Å²) in [5.41, 5.74) is 3.07. The van der Waals surface area contributed by atoms with Crippen LogP contribution in [0.25, 0.3) is 65.4 Å². The van der Waals surface area contributed by atoms with Crippen LogP contribution in [0.3, 0.4) is 0 Å². The Bertz CT molecular complexity index is 8100. The van der Waals surface area contributed by atoms with E-state index in [1.54, 1.807) is 51.5 Å². The Morgan fingerprint density at radius 2 is 0.815 bits per heavy atom. The minimum Gasteiger partial charge on any atom is -0.478 e. The summed E-state index contributed by atoms with van der Waals surface area (Å²) in [6.45, 7) is -4.43. The highest BCUT2D eigenvalue weighted by Crippen LogP contribution is 2.47. The van der Waals surface area contributed by atoms with Crippen LogP contribution < -0.4 is 5.32 Å². The number of carbonyl (C=O) groups is 4. The molecule has 0 unspecified atom stereocenters. The number of fused-ring (bicyclic) bond motifs is 6. The van der Waals surface area contributed by atoms with Crippen molar-refractivity contribution in [3.63, 3.8) is 0 Å². The number of carboxylic acids is 1. The topological polar surface area (TPSA) is 316 Å². The van der Waals surface area contributed by atoms with Crippen molar-refractivity contribution < 1.29 is 116 Å². The first-order chi connectivity index (χ1) is 71.5. The molecule has 0 spiro atoms. The van der Waals surface area contributed by atoms with Crippen LogP contribution in [0.15, 0.2) is 242 Å². The standard InChI is InChI=1S/C27H27F3N4O4S.C17H14F3N3O2.C16H13BrF3N3.C14H14BrNO2.C12H12BrNO.C11H10BrNO2.C4H3F3N2.2CH4/c1-2-39(37,38)22-8-3-17(4-9-22)23(16-35)32-26(36)18-5-10-24-19(13-18)14-21(34(24)20-6-7-20)15-33-25(11-12-31-33)27(28,29)30;18-17(19,20)15-5-6-21-22(15)9-13-8-11-7-10(16(24)25)1-4-14(11)23(13)12-2-3-12;17-11-1-4-14-10(7-11)8-13(23(14)12-2-3-12)9-22-15(5-6-21-22)16(18,19)20;1-2-18-14(17)13-8-9-7-10(15)3-6-12(9)16(13)11-4-5-11;13-9-1-4-12-8(5-9)6-11(7-15)14(12)10-2-3-10;1-2-15-11(14)10-6-7-5-8(12)3-4-9(7)13-10;5-4(6,7)3-1-2-8-9-3;;/h3-5,8-14,20,23,35H,2,6-7,15-16H2,1H3,(H,32,36);1,4-8,12H,2-3,9H2,(H,24,25);1,4-8,12H,2-3,9H2;3,6-8,11H,2,4-5H2,1H3;1,4-6,10,15H,2-3,7H2;3-6,13H,2H2,1H3;1-2H,(H,8,9);2*1H4/t23-;;;;;;;;/m0......../s1/i15D2;2*9D2;;7D2;;;;. The molecule has 0 aliphatic heterocycles. The highest BCUT2D eigenvalue weighted by Gasteiger charge is 2.41. The summed E-state index contributed by atoms with van der Waals surface area (Å²) < 4.78 is 269. The summed E-state index contributed by atoms with van der Waals surface area (Å²) in [6.07, 6.45) is -5.49. The third kappa shape index (κ3) is 25.8. The molecule has 1 atom stereocenters. The lowest BCUT2D eigenvalue weighted by Gasteiger charge is -2.17. The normalized spacial score (nSPS) is 15.5. The second-order valence-electron chi connectivity index (χ2n) is 33.9. The number of alkyl halides is 12. The Hall–Kier alpha value is -12.6. The zero-order valence-corrected chi connectivity index (χ0v) is 83.2. The molecule has 5 saturated carbocycles. The number of aromatic amines is 2. The summed E-state index contributed by atoms with van der Waals surface area (Å²) >= 11 is 13.6. The van der Waals surface area contributed by atoms with Crippen molar-refractivity contribution in [1.29, 1.82) is 0 Å². The van der Waals surface area contributed by atoms with Gasteiger partial charge in [-0.3, -0.25) is 23.9 Å². The average Bonchev–Trinajstić information content (AvgIpc) is 1.58. The fraction of sp³-hybridized carbons (Fsp3) is 0.320. The summed E-state index contributed by atoms with van der Waals surface area (Å²) in [5, 5.41) is 52.0. The van der Waals surface area contributed by atoms with E-state index in [0.717, 1.165) is 175 Å².